The van der Waals surface area contributed by atoms with E-state index in [4.69, 9.17) is 5.11 Å². The molecule has 80 valence electrons. The van der Waals surface area contributed by atoms with Crippen molar-refractivity contribution in [2.45, 2.75) is 12.3 Å². The van der Waals surface area contributed by atoms with Gasteiger partial charge in [0.2, 0.25) is 6.10 Å². The van der Waals surface area contributed by atoms with E-state index in [1.54, 1.807) is 0 Å². The van der Waals surface area contributed by atoms with E-state index in [0.29, 0.717) is 4.90 Å². The zero-order chi connectivity index (χ0) is 10.9. The number of carboxylic acid groups (broad SMARTS) is 1. The number of carboxylic acids is 1. The monoisotopic (exact) mass is 213 g/mol. The molecule has 1 aliphatic heterocycles. The molecule has 1 fully saturated rings. The van der Waals surface area contributed by atoms with Crippen molar-refractivity contribution in [2.75, 3.05) is 13.1 Å². The molecule has 1 amide bonds. The molecular formula is C6H6F3NO4. The van der Waals surface area contributed by atoms with Gasteiger partial charge in [0.05, 0.1) is 6.54 Å². The van der Waals surface area contributed by atoms with Crippen LogP contribution < -0.4 is 0 Å². The third kappa shape index (κ3) is 2.27. The fourth-order valence-electron chi connectivity index (χ4n) is 0.971. The van der Waals surface area contributed by atoms with Crippen LogP contribution in [0.2, 0.25) is 0 Å². The zero-order valence-electron chi connectivity index (χ0n) is 6.74. The van der Waals surface area contributed by atoms with Crippen molar-refractivity contribution < 1.29 is 32.6 Å². The molecule has 0 bridgehead atoms. The molecule has 0 aromatic carbocycles. The summed E-state index contributed by atoms with van der Waals surface area (Å²) in [4.78, 5) is 21.3. The van der Waals surface area contributed by atoms with Crippen LogP contribution in [0.1, 0.15) is 0 Å². The number of carbonyl (C=O) groups is 2. The van der Waals surface area contributed by atoms with Crippen LogP contribution in [0.25, 0.3) is 0 Å². The van der Waals surface area contributed by atoms with Crippen molar-refractivity contribution in [3.8, 4) is 0 Å². The first-order valence-electron chi connectivity index (χ1n) is 3.55. The van der Waals surface area contributed by atoms with Crippen LogP contribution in [-0.4, -0.2) is 47.4 Å². The van der Waals surface area contributed by atoms with Gasteiger partial charge in [0.15, 0.2) is 0 Å². The maximum Gasteiger partial charge on any atom is 0.427 e. The van der Waals surface area contributed by atoms with E-state index in [2.05, 4.69) is 4.74 Å². The van der Waals surface area contributed by atoms with Crippen LogP contribution in [0.3, 0.4) is 0 Å². The molecule has 0 radical (unpaired) electrons. The molecule has 1 N–H and O–H groups in total. The highest BCUT2D eigenvalue weighted by Crippen LogP contribution is 2.27. The summed E-state index contributed by atoms with van der Waals surface area (Å²) in [5.41, 5.74) is 0. The summed E-state index contributed by atoms with van der Waals surface area (Å²) in [5.74, 6) is -1.38. The number of aliphatic carboxylic acids is 1. The van der Waals surface area contributed by atoms with Crippen molar-refractivity contribution >= 4 is 12.1 Å². The predicted octanol–water partition coefficient (Wildman–Crippen LogP) is 0.454. The number of hydrogen-bond acceptors (Lipinski definition) is 3. The molecule has 1 saturated heterocycles. The lowest BCUT2D eigenvalue weighted by molar-refractivity contribution is -0.192. The standard InChI is InChI=1S/C6H6F3NO4/c7-6(8,9)3-1-10(2-4(11)12)5(13)14-3/h3H,1-2H2,(H,11,12). The van der Waals surface area contributed by atoms with Crippen molar-refractivity contribution in [3.63, 3.8) is 0 Å². The van der Waals surface area contributed by atoms with Crippen molar-refractivity contribution in [1.82, 2.24) is 4.90 Å². The van der Waals surface area contributed by atoms with E-state index in [0.717, 1.165) is 0 Å². The Kier molecular flexibility index (Phi) is 2.54. The van der Waals surface area contributed by atoms with E-state index >= 15 is 0 Å². The maximum atomic E-state index is 12.0. The first kappa shape index (κ1) is 10.6. The summed E-state index contributed by atoms with van der Waals surface area (Å²) < 4.78 is 39.9. The van der Waals surface area contributed by atoms with E-state index in [1.165, 1.54) is 0 Å². The molecule has 14 heavy (non-hydrogen) atoms. The Morgan fingerprint density at radius 3 is 2.57 bits per heavy atom. The number of cyclic esters (lactones) is 1. The molecule has 0 aromatic rings. The fraction of sp³-hybridized carbons (Fsp3) is 0.667. The van der Waals surface area contributed by atoms with Gasteiger partial charge in [0, 0.05) is 0 Å². The van der Waals surface area contributed by atoms with Crippen molar-refractivity contribution in [1.29, 1.82) is 0 Å². The van der Waals surface area contributed by atoms with Crippen molar-refractivity contribution in [2.24, 2.45) is 0 Å². The Labute approximate surface area is 76.0 Å². The molecular weight excluding hydrogens is 207 g/mol. The molecule has 5 nitrogen and oxygen atoms in total. The Balaban J connectivity index is 2.60. The molecule has 8 heteroatoms. The molecule has 0 saturated carbocycles. The van der Waals surface area contributed by atoms with Gasteiger partial charge < -0.3 is 9.84 Å². The number of ether oxygens (including phenoxy) is 1. The zero-order valence-corrected chi connectivity index (χ0v) is 6.74. The highest BCUT2D eigenvalue weighted by molar-refractivity contribution is 5.77. The van der Waals surface area contributed by atoms with Crippen LogP contribution in [-0.2, 0) is 9.53 Å². The second-order valence-corrected chi connectivity index (χ2v) is 2.69. The molecule has 0 aromatic heterocycles. The normalized spacial score (nSPS) is 22.4. The third-order valence-corrected chi connectivity index (χ3v) is 1.58. The fourth-order valence-corrected chi connectivity index (χ4v) is 0.971. The predicted molar refractivity (Wildman–Crippen MR) is 35.5 cm³/mol. The van der Waals surface area contributed by atoms with Gasteiger partial charge in [-0.15, -0.1) is 0 Å². The summed E-state index contributed by atoms with van der Waals surface area (Å²) in [6.45, 7) is -1.56. The minimum Gasteiger partial charge on any atom is -0.480 e. The number of carbonyl (C=O) groups excluding carboxylic acids is 1. The number of alkyl halides is 3. The quantitative estimate of drug-likeness (QED) is 0.723. The van der Waals surface area contributed by atoms with Crippen molar-refractivity contribution in [3.05, 3.63) is 0 Å². The van der Waals surface area contributed by atoms with Crippen LogP contribution >= 0.6 is 0 Å². The topological polar surface area (TPSA) is 66.8 Å². The van der Waals surface area contributed by atoms with Gasteiger partial charge in [-0.25, -0.2) is 4.79 Å². The average Bonchev–Trinajstić information content (AvgIpc) is 2.30. The molecule has 1 aliphatic rings. The maximum absolute atomic E-state index is 12.0. The summed E-state index contributed by atoms with van der Waals surface area (Å²) >= 11 is 0. The molecule has 0 spiro atoms. The van der Waals surface area contributed by atoms with Gasteiger partial charge in [-0.2, -0.15) is 13.2 Å². The van der Waals surface area contributed by atoms with Gasteiger partial charge in [-0.3, -0.25) is 9.69 Å². The van der Waals surface area contributed by atoms with E-state index < -0.39 is 37.4 Å². The Morgan fingerprint density at radius 1 is 1.64 bits per heavy atom. The highest BCUT2D eigenvalue weighted by Gasteiger charge is 2.49. The van der Waals surface area contributed by atoms with Gasteiger partial charge in [-0.05, 0) is 0 Å². The van der Waals surface area contributed by atoms with Crippen LogP contribution in [0, 0.1) is 0 Å². The van der Waals surface area contributed by atoms with Gasteiger partial charge in [0.1, 0.15) is 6.54 Å². The van der Waals surface area contributed by atoms with E-state index in [1.807, 2.05) is 0 Å². The van der Waals surface area contributed by atoms with Gasteiger partial charge in [0.25, 0.3) is 0 Å². The van der Waals surface area contributed by atoms with Crippen LogP contribution in [0.5, 0.6) is 0 Å². The highest BCUT2D eigenvalue weighted by atomic mass is 19.4. The lowest BCUT2D eigenvalue weighted by Gasteiger charge is -2.11. The number of hydrogen-bond donors (Lipinski definition) is 1. The molecule has 1 unspecified atom stereocenters. The van der Waals surface area contributed by atoms with Gasteiger partial charge >= 0.3 is 18.2 Å². The minimum atomic E-state index is -4.65. The Hall–Kier alpha value is -1.47. The average molecular weight is 213 g/mol. The lowest BCUT2D eigenvalue weighted by atomic mass is 10.3. The summed E-state index contributed by atoms with van der Waals surface area (Å²) in [7, 11) is 0. The van der Waals surface area contributed by atoms with Crippen LogP contribution in [0.4, 0.5) is 18.0 Å². The SMILES string of the molecule is O=C(O)CN1CC(C(F)(F)F)OC1=O. The number of rotatable bonds is 2. The Morgan fingerprint density at radius 2 is 2.21 bits per heavy atom. The smallest absolute Gasteiger partial charge is 0.427 e. The lowest BCUT2D eigenvalue weighted by Crippen LogP contribution is -2.35. The molecule has 1 atom stereocenters. The third-order valence-electron chi connectivity index (χ3n) is 1.58. The molecule has 1 rings (SSSR count). The summed E-state index contributed by atoms with van der Waals surface area (Å²) in [6.07, 6.45) is -8.13. The van der Waals surface area contributed by atoms with Crippen LogP contribution in [0.15, 0.2) is 0 Å². The van der Waals surface area contributed by atoms with E-state index in [9.17, 15) is 22.8 Å². The second kappa shape index (κ2) is 3.35. The Bertz CT molecular complexity index is 264. The molecule has 0 aliphatic carbocycles. The van der Waals surface area contributed by atoms with Gasteiger partial charge in [-0.1, -0.05) is 0 Å². The summed E-state index contributed by atoms with van der Waals surface area (Å²) in [6, 6.07) is 0. The first-order chi connectivity index (χ1) is 6.30. The van der Waals surface area contributed by atoms with E-state index in [-0.39, 0.29) is 0 Å². The minimum absolute atomic E-state index is 0.487. The number of halogens is 3. The number of nitrogens with zero attached hydrogens (tertiary/aromatic N) is 1. The second-order valence-electron chi connectivity index (χ2n) is 2.69. The first-order valence-corrected chi connectivity index (χ1v) is 3.55. The molecule has 1 heterocycles. The number of amides is 1. The largest absolute Gasteiger partial charge is 0.480 e. The summed E-state index contributed by atoms with van der Waals surface area (Å²) in [5, 5.41) is 8.25.